The summed E-state index contributed by atoms with van der Waals surface area (Å²) in [6.07, 6.45) is 6.88. The van der Waals surface area contributed by atoms with E-state index in [1.807, 2.05) is 72.8 Å². The molecule has 0 spiro atoms. The second-order valence-corrected chi connectivity index (χ2v) is 35.5. The highest BCUT2D eigenvalue weighted by atomic mass is 35.5. The molecule has 33 heteroatoms. The number of nitrogens with two attached hydrogens (primary N) is 1. The Labute approximate surface area is 754 Å². The van der Waals surface area contributed by atoms with E-state index >= 15 is 0 Å². The summed E-state index contributed by atoms with van der Waals surface area (Å²) in [7, 11) is 0. The number of likely N-dealkylation sites (tertiary alicyclic amines) is 4. The number of ether oxygens (including phenoxy) is 8. The van der Waals surface area contributed by atoms with Gasteiger partial charge in [0.25, 0.3) is 0 Å². The number of benzene rings is 7. The number of aliphatic hydroxyl groups excluding tert-OH is 4. The highest BCUT2D eigenvalue weighted by Gasteiger charge is 2.40. The smallest absolute Gasteiger partial charge is 0.225 e. The van der Waals surface area contributed by atoms with Crippen molar-refractivity contribution in [2.24, 2.45) is 23.5 Å². The number of amides is 3. The van der Waals surface area contributed by atoms with Crippen molar-refractivity contribution >= 4 is 69.6 Å². The summed E-state index contributed by atoms with van der Waals surface area (Å²) in [4.78, 5) is 55.3. The second-order valence-electron chi connectivity index (χ2n) is 34.2. The van der Waals surface area contributed by atoms with Crippen LogP contribution in [0, 0.1) is 41.0 Å². The normalized spacial score (nSPS) is 21.4. The highest BCUT2D eigenvalue weighted by molar-refractivity contribution is 6.31. The van der Waals surface area contributed by atoms with Gasteiger partial charge in [0.05, 0.1) is 42.0 Å². The molecular formula is C94H118Cl3F4N11O15. The Balaban J connectivity index is 0.000000139. The molecule has 127 heavy (non-hydrogen) atoms. The molecule has 11 aliphatic rings. The van der Waals surface area contributed by atoms with Crippen LogP contribution in [0.4, 0.5) is 34.6 Å². The number of carbonyl (C=O) groups excluding carboxylic acids is 3. The average Bonchev–Trinajstić information content (AvgIpc) is 1.48. The van der Waals surface area contributed by atoms with Gasteiger partial charge in [-0.15, -0.1) is 0 Å². The molecule has 1 unspecified atom stereocenters. The van der Waals surface area contributed by atoms with Gasteiger partial charge in [-0.1, -0.05) is 42.2 Å². The lowest BCUT2D eigenvalue weighted by atomic mass is 9.99. The molecule has 7 fully saturated rings. The maximum absolute atomic E-state index is 14.7. The Hall–Kier alpha value is -9.02. The van der Waals surface area contributed by atoms with Gasteiger partial charge in [-0.05, 0) is 267 Å². The predicted molar refractivity (Wildman–Crippen MR) is 478 cm³/mol. The molecule has 0 saturated carbocycles. The van der Waals surface area contributed by atoms with Crippen LogP contribution in [0.15, 0.2) is 121 Å². The minimum absolute atomic E-state index is 0. The first kappa shape index (κ1) is 94.1. The average molecular weight is 1820 g/mol. The van der Waals surface area contributed by atoms with E-state index in [0.717, 1.165) is 147 Å². The van der Waals surface area contributed by atoms with E-state index in [1.165, 1.54) is 37.1 Å². The van der Waals surface area contributed by atoms with Crippen LogP contribution in [-0.4, -0.2) is 253 Å². The number of nitrogens with one attached hydrogen (secondary N) is 3. The second kappa shape index (κ2) is 44.5. The lowest BCUT2D eigenvalue weighted by molar-refractivity contribution is -0.127. The van der Waals surface area contributed by atoms with E-state index in [1.54, 1.807) is 24.3 Å². The van der Waals surface area contributed by atoms with Crippen molar-refractivity contribution in [1.29, 1.82) is 0 Å². The third-order valence-electron chi connectivity index (χ3n) is 25.3. The van der Waals surface area contributed by atoms with Gasteiger partial charge in [0.15, 0.2) is 69.3 Å². The van der Waals surface area contributed by atoms with Crippen molar-refractivity contribution in [1.82, 2.24) is 35.6 Å². The van der Waals surface area contributed by atoms with Gasteiger partial charge in [0.2, 0.25) is 17.7 Å². The van der Waals surface area contributed by atoms with Crippen LogP contribution >= 0.6 is 34.8 Å². The number of aliphatic hydroxyl groups is 4. The Morgan fingerprint density at radius 3 is 0.827 bits per heavy atom. The summed E-state index contributed by atoms with van der Waals surface area (Å²) >= 11 is 18.0. The maximum Gasteiger partial charge on any atom is 0.225 e. The number of anilines is 3. The van der Waals surface area contributed by atoms with Crippen molar-refractivity contribution < 1.29 is 90.3 Å². The molecule has 0 aromatic heterocycles. The Bertz CT molecular complexity index is 4420. The van der Waals surface area contributed by atoms with E-state index in [9.17, 15) is 52.4 Å². The number of hydrogen-bond acceptors (Lipinski definition) is 23. The number of rotatable bonds is 25. The lowest BCUT2D eigenvalue weighted by Crippen LogP contribution is -2.48. The maximum atomic E-state index is 14.7. The van der Waals surface area contributed by atoms with Crippen molar-refractivity contribution in [2.75, 3.05) is 185 Å². The summed E-state index contributed by atoms with van der Waals surface area (Å²) in [6, 6.07) is 32.2. The van der Waals surface area contributed by atoms with Crippen LogP contribution in [-0.2, 0) is 14.4 Å². The molecule has 7 aromatic carbocycles. The number of nitrogens with zero attached hydrogens (tertiary/aromatic N) is 7. The first-order valence-electron chi connectivity index (χ1n) is 44.2. The SMILES string of the molecule is C.N[C@H](CN1CCCC1)[C@H](O)c1cc(F)c2c(c1)OCCO2.O=C(N[C@H](CN1CCCC1)[C@H](O)c1cc(F)c2c(c1)OCCO2)C1CCN(c2ccc(Cl)cc2)C1.O=C(N[C@H](CN1CCCC1)[C@H](O)c1cc(F)c2c(c1)OCCO2)[C@@H]1CCN(c2ccc(Cl)cc2)C1.O=C(N[C@H](CN1CCCC1)[C@H](O)c1cc(F)c2c(c1)OCCO2)[C@H]1CCN(c2ccc(Cl)cc2)C1. The van der Waals surface area contributed by atoms with Crippen LogP contribution in [0.25, 0.3) is 0 Å². The molecule has 9 N–H and O–H groups in total. The third kappa shape index (κ3) is 24.4. The molecule has 11 atom stereocenters. The third-order valence-corrected chi connectivity index (χ3v) is 26.0. The van der Waals surface area contributed by atoms with E-state index < -0.39 is 71.9 Å². The molecule has 7 saturated heterocycles. The van der Waals surface area contributed by atoms with Crippen LogP contribution in [0.2, 0.25) is 15.1 Å². The van der Waals surface area contributed by atoms with Gasteiger partial charge in [0.1, 0.15) is 71.2 Å². The molecule has 11 aliphatic heterocycles. The van der Waals surface area contributed by atoms with Crippen LogP contribution < -0.4 is 74.3 Å². The van der Waals surface area contributed by atoms with Crippen molar-refractivity contribution in [3.05, 3.63) is 182 Å². The van der Waals surface area contributed by atoms with E-state index in [2.05, 4.69) is 50.2 Å². The molecule has 26 nitrogen and oxygen atoms in total. The molecule has 18 rings (SSSR count). The summed E-state index contributed by atoms with van der Waals surface area (Å²) < 4.78 is 101. The van der Waals surface area contributed by atoms with E-state index in [-0.39, 0.29) is 103 Å². The van der Waals surface area contributed by atoms with Crippen molar-refractivity contribution in [2.45, 2.75) is 127 Å². The first-order chi connectivity index (χ1) is 61.1. The molecule has 3 amide bonds. The predicted octanol–water partition coefficient (Wildman–Crippen LogP) is 11.9. The van der Waals surface area contributed by atoms with E-state index in [4.69, 9.17) is 78.4 Å². The first-order valence-corrected chi connectivity index (χ1v) is 45.4. The molecular weight excluding hydrogens is 1710 g/mol. The highest BCUT2D eigenvalue weighted by Crippen LogP contribution is 2.43. The Morgan fingerprint density at radius 2 is 0.575 bits per heavy atom. The number of halogens is 7. The fourth-order valence-electron chi connectivity index (χ4n) is 18.4. The zero-order chi connectivity index (χ0) is 87.9. The lowest BCUT2D eigenvalue weighted by Gasteiger charge is -2.30. The van der Waals surface area contributed by atoms with Crippen molar-refractivity contribution in [3.8, 4) is 46.0 Å². The molecule has 7 aromatic rings. The summed E-state index contributed by atoms with van der Waals surface area (Å²) in [5, 5.41) is 55.5. The number of carbonyl (C=O) groups is 3. The van der Waals surface area contributed by atoms with Gasteiger partial charge in [-0.3, -0.25) is 14.4 Å². The van der Waals surface area contributed by atoms with Gasteiger partial charge in [0, 0.05) is 104 Å². The van der Waals surface area contributed by atoms with Crippen molar-refractivity contribution in [3.63, 3.8) is 0 Å². The fourth-order valence-corrected chi connectivity index (χ4v) is 18.8. The number of hydrogen-bond donors (Lipinski definition) is 8. The fraction of sp³-hybridized carbons (Fsp3) is 0.521. The number of fused-ring (bicyclic) bond motifs is 4. The Morgan fingerprint density at radius 1 is 0.346 bits per heavy atom. The molecule has 0 bridgehead atoms. The largest absolute Gasteiger partial charge is 0.486 e. The zero-order valence-corrected chi connectivity index (χ0v) is 73.0. The molecule has 11 heterocycles. The molecule has 0 radical (unpaired) electrons. The van der Waals surface area contributed by atoms with Crippen LogP contribution in [0.5, 0.6) is 46.0 Å². The minimum atomic E-state index is -1.08. The van der Waals surface area contributed by atoms with E-state index in [0.29, 0.717) is 122 Å². The molecule has 0 aliphatic carbocycles. The van der Waals surface area contributed by atoms with Crippen LogP contribution in [0.3, 0.4) is 0 Å². The zero-order valence-electron chi connectivity index (χ0n) is 70.7. The minimum Gasteiger partial charge on any atom is -0.486 e. The van der Waals surface area contributed by atoms with Crippen LogP contribution in [0.1, 0.15) is 125 Å². The van der Waals surface area contributed by atoms with Gasteiger partial charge in [-0.25, -0.2) is 17.6 Å². The summed E-state index contributed by atoms with van der Waals surface area (Å²) in [6.45, 7) is 16.3. The summed E-state index contributed by atoms with van der Waals surface area (Å²) in [5.74, 6) is -1.60. The Kier molecular flexibility index (Phi) is 33.0. The quantitative estimate of drug-likeness (QED) is 0.0247. The molecule has 688 valence electrons. The van der Waals surface area contributed by atoms with Gasteiger partial charge >= 0.3 is 0 Å². The topological polar surface area (TPSA) is 291 Å². The van der Waals surface area contributed by atoms with Gasteiger partial charge in [-0.2, -0.15) is 0 Å². The summed E-state index contributed by atoms with van der Waals surface area (Å²) in [5.41, 5.74) is 10.7. The van der Waals surface area contributed by atoms with Gasteiger partial charge < -0.3 is 114 Å². The monoisotopic (exact) mass is 1820 g/mol. The standard InChI is InChI=1S/3C26H31ClFN3O4.C15H21FN2O3.CH4/c3*27-19-3-5-20(6-4-19)31-10-7-17(15-31)26(33)29-22(16-30-8-1-2-9-30)24(32)18-13-21(28)25-23(14-18)34-11-12-35-25;16-11-7-10(8-13-15(11)21-6-5-20-13)14(19)12(17)9-18-3-1-2-4-18;/h3*3-6,13-14,17,22,24,32H,1-2,7-12,15-16H2,(H,29,33);7-8,12,14,19H,1-6,9,17H2;1H4/t17?,22-,24-;17-,22+,24+;17-,22-,24-;12-,14-;/m1011./s1.